The minimum Gasteiger partial charge on any atom is -0.476 e. The van der Waals surface area contributed by atoms with Gasteiger partial charge in [0, 0.05) is 22.7 Å². The number of aromatic carboxylic acids is 1. The summed E-state index contributed by atoms with van der Waals surface area (Å²) in [5, 5.41) is 16.2. The molecule has 0 amide bonds. The minimum absolute atomic E-state index is 0.0980. The van der Waals surface area contributed by atoms with E-state index in [0.29, 0.717) is 5.13 Å². The molecule has 0 bridgehead atoms. The molecule has 6 heteroatoms. The number of nitrogens with one attached hydrogen (secondary N) is 1. The van der Waals surface area contributed by atoms with E-state index >= 15 is 0 Å². The first-order valence-corrected chi connectivity index (χ1v) is 6.89. The fourth-order valence-corrected chi connectivity index (χ4v) is 3.06. The van der Waals surface area contributed by atoms with Crippen molar-refractivity contribution in [2.75, 3.05) is 5.32 Å². The molecule has 0 aromatic carbocycles. The molecule has 2 N–H and O–H groups in total. The van der Waals surface area contributed by atoms with Gasteiger partial charge in [0.25, 0.3) is 0 Å². The zero-order valence-electron chi connectivity index (χ0n) is 9.21. The molecule has 90 valence electrons. The van der Waals surface area contributed by atoms with E-state index < -0.39 is 5.97 Å². The van der Waals surface area contributed by atoms with Crippen LogP contribution in [0.2, 0.25) is 0 Å². The van der Waals surface area contributed by atoms with Gasteiger partial charge in [0.15, 0.2) is 10.8 Å². The van der Waals surface area contributed by atoms with Gasteiger partial charge in [-0.3, -0.25) is 0 Å². The first-order valence-electron chi connectivity index (χ1n) is 5.13. The summed E-state index contributed by atoms with van der Waals surface area (Å²) in [4.78, 5) is 16.0. The maximum absolute atomic E-state index is 10.7. The lowest BCUT2D eigenvalue weighted by molar-refractivity contribution is 0.0691. The second kappa shape index (κ2) is 5.29. The average Bonchev–Trinajstić information content (AvgIpc) is 2.88. The van der Waals surface area contributed by atoms with E-state index in [1.165, 1.54) is 16.2 Å². The van der Waals surface area contributed by atoms with Crippen molar-refractivity contribution >= 4 is 33.8 Å². The second-order valence-electron chi connectivity index (χ2n) is 3.67. The van der Waals surface area contributed by atoms with Crippen LogP contribution < -0.4 is 5.32 Å². The molecule has 0 fully saturated rings. The number of carboxylic acids is 1. The lowest BCUT2D eigenvalue weighted by atomic mass is 10.2. The summed E-state index contributed by atoms with van der Waals surface area (Å²) >= 11 is 3.04. The molecule has 2 aromatic heterocycles. The van der Waals surface area contributed by atoms with Gasteiger partial charge in [-0.15, -0.1) is 22.7 Å². The molecule has 1 atom stereocenters. The summed E-state index contributed by atoms with van der Waals surface area (Å²) in [6, 6.07) is 4.35. The zero-order valence-corrected chi connectivity index (χ0v) is 10.8. The van der Waals surface area contributed by atoms with Gasteiger partial charge in [-0.05, 0) is 18.4 Å². The van der Waals surface area contributed by atoms with E-state index in [1.54, 1.807) is 16.7 Å². The molecule has 17 heavy (non-hydrogen) atoms. The van der Waals surface area contributed by atoms with Crippen molar-refractivity contribution in [2.45, 2.75) is 19.4 Å². The highest BCUT2D eigenvalue weighted by atomic mass is 32.1. The zero-order chi connectivity index (χ0) is 12.3. The molecular formula is C11H12N2O2S2. The maximum atomic E-state index is 10.7. The molecule has 0 radical (unpaired) electrons. The standard InChI is InChI=1S/C11H12N2O2S2/c1-7(5-8-3-2-4-16-8)12-11-13-9(6-17-11)10(14)15/h2-4,6-7H,5H2,1H3,(H,12,13)(H,14,15). The molecule has 0 saturated carbocycles. The molecule has 0 spiro atoms. The Morgan fingerprint density at radius 2 is 2.41 bits per heavy atom. The van der Waals surface area contributed by atoms with Crippen molar-refractivity contribution in [3.8, 4) is 0 Å². The number of hydrogen-bond donors (Lipinski definition) is 2. The average molecular weight is 268 g/mol. The summed E-state index contributed by atoms with van der Waals surface area (Å²) in [5.41, 5.74) is 0.0980. The smallest absolute Gasteiger partial charge is 0.355 e. The number of carbonyl (C=O) groups is 1. The number of thiophene rings is 1. The van der Waals surface area contributed by atoms with Gasteiger partial charge >= 0.3 is 5.97 Å². The first kappa shape index (κ1) is 12.1. The third-order valence-corrected chi connectivity index (χ3v) is 3.85. The molecule has 0 aliphatic carbocycles. The largest absolute Gasteiger partial charge is 0.476 e. The fourth-order valence-electron chi connectivity index (χ4n) is 1.43. The molecule has 2 rings (SSSR count). The Hall–Kier alpha value is -1.40. The lowest BCUT2D eigenvalue weighted by Gasteiger charge is -2.11. The van der Waals surface area contributed by atoms with E-state index in [9.17, 15) is 4.79 Å². The summed E-state index contributed by atoms with van der Waals surface area (Å²) < 4.78 is 0. The van der Waals surface area contributed by atoms with E-state index in [1.807, 2.05) is 11.4 Å². The maximum Gasteiger partial charge on any atom is 0.355 e. The minimum atomic E-state index is -0.986. The third kappa shape index (κ3) is 3.28. The van der Waals surface area contributed by atoms with Crippen LogP contribution >= 0.6 is 22.7 Å². The van der Waals surface area contributed by atoms with Gasteiger partial charge in [-0.2, -0.15) is 0 Å². The van der Waals surface area contributed by atoms with Crippen LogP contribution in [0.25, 0.3) is 0 Å². The molecule has 2 aromatic rings. The van der Waals surface area contributed by atoms with Crippen LogP contribution in [0.4, 0.5) is 5.13 Å². The van der Waals surface area contributed by atoms with E-state index in [2.05, 4.69) is 23.3 Å². The van der Waals surface area contributed by atoms with Crippen molar-refractivity contribution in [3.63, 3.8) is 0 Å². The Morgan fingerprint density at radius 1 is 1.59 bits per heavy atom. The van der Waals surface area contributed by atoms with Crippen molar-refractivity contribution in [2.24, 2.45) is 0 Å². The van der Waals surface area contributed by atoms with E-state index in [4.69, 9.17) is 5.11 Å². The Bertz CT molecular complexity index is 493. The number of aromatic nitrogens is 1. The molecule has 0 saturated heterocycles. The molecule has 2 heterocycles. The van der Waals surface area contributed by atoms with Gasteiger partial charge in [0.1, 0.15) is 0 Å². The van der Waals surface area contributed by atoms with Crippen LogP contribution in [0.5, 0.6) is 0 Å². The number of nitrogens with zero attached hydrogens (tertiary/aromatic N) is 1. The Morgan fingerprint density at radius 3 is 3.00 bits per heavy atom. The monoisotopic (exact) mass is 268 g/mol. The number of rotatable bonds is 5. The molecule has 1 unspecified atom stereocenters. The normalized spacial score (nSPS) is 12.3. The quantitative estimate of drug-likeness (QED) is 0.875. The molecular weight excluding hydrogens is 256 g/mol. The van der Waals surface area contributed by atoms with Gasteiger partial charge in [-0.25, -0.2) is 9.78 Å². The summed E-state index contributed by atoms with van der Waals surface area (Å²) in [6.07, 6.45) is 0.916. The number of anilines is 1. The van der Waals surface area contributed by atoms with E-state index in [-0.39, 0.29) is 11.7 Å². The van der Waals surface area contributed by atoms with Gasteiger partial charge in [0.2, 0.25) is 0 Å². The number of carboxylic acid groups (broad SMARTS) is 1. The Labute approximate surface area is 107 Å². The van der Waals surface area contributed by atoms with Gasteiger partial charge in [0.05, 0.1) is 0 Å². The van der Waals surface area contributed by atoms with Gasteiger partial charge in [-0.1, -0.05) is 6.07 Å². The highest BCUT2D eigenvalue weighted by molar-refractivity contribution is 7.13. The SMILES string of the molecule is CC(Cc1cccs1)Nc1nc(C(=O)O)cs1. The molecule has 0 aliphatic heterocycles. The number of hydrogen-bond acceptors (Lipinski definition) is 5. The van der Waals surface area contributed by atoms with Crippen LogP contribution in [0.15, 0.2) is 22.9 Å². The predicted molar refractivity (Wildman–Crippen MR) is 70.2 cm³/mol. The van der Waals surface area contributed by atoms with Crippen LogP contribution in [-0.4, -0.2) is 22.1 Å². The van der Waals surface area contributed by atoms with Crippen molar-refractivity contribution < 1.29 is 9.90 Å². The topological polar surface area (TPSA) is 62.2 Å². The van der Waals surface area contributed by atoms with Crippen LogP contribution in [-0.2, 0) is 6.42 Å². The summed E-state index contributed by atoms with van der Waals surface area (Å²) in [7, 11) is 0. The van der Waals surface area contributed by atoms with Crippen molar-refractivity contribution in [1.82, 2.24) is 4.98 Å². The fraction of sp³-hybridized carbons (Fsp3) is 0.273. The highest BCUT2D eigenvalue weighted by Gasteiger charge is 2.11. The van der Waals surface area contributed by atoms with Crippen LogP contribution in [0.3, 0.4) is 0 Å². The van der Waals surface area contributed by atoms with Crippen LogP contribution in [0, 0.1) is 0 Å². The highest BCUT2D eigenvalue weighted by Crippen LogP contribution is 2.18. The summed E-state index contributed by atoms with van der Waals surface area (Å²) in [5.74, 6) is -0.986. The van der Waals surface area contributed by atoms with Crippen molar-refractivity contribution in [3.05, 3.63) is 33.5 Å². The lowest BCUT2D eigenvalue weighted by Crippen LogP contribution is -2.17. The summed E-state index contributed by atoms with van der Waals surface area (Å²) in [6.45, 7) is 2.06. The second-order valence-corrected chi connectivity index (χ2v) is 5.56. The van der Waals surface area contributed by atoms with Crippen molar-refractivity contribution in [1.29, 1.82) is 0 Å². The number of thiazole rings is 1. The van der Waals surface area contributed by atoms with Crippen LogP contribution in [0.1, 0.15) is 22.3 Å². The van der Waals surface area contributed by atoms with E-state index in [0.717, 1.165) is 6.42 Å². The third-order valence-electron chi connectivity index (χ3n) is 2.18. The Balaban J connectivity index is 1.93. The van der Waals surface area contributed by atoms with Gasteiger partial charge < -0.3 is 10.4 Å². The molecule has 4 nitrogen and oxygen atoms in total. The Kier molecular flexibility index (Phi) is 3.75. The molecule has 0 aliphatic rings. The first-order chi connectivity index (χ1) is 8.15. The predicted octanol–water partition coefficient (Wildman–Crippen LogP) is 2.95.